The van der Waals surface area contributed by atoms with Gasteiger partial charge in [0, 0.05) is 24.2 Å². The number of para-hydroxylation sites is 1. The number of carbonyl (C=O) groups is 2. The predicted molar refractivity (Wildman–Crippen MR) is 155 cm³/mol. The van der Waals surface area contributed by atoms with Gasteiger partial charge in [0.2, 0.25) is 0 Å². The fraction of sp³-hybridized carbons (Fsp3) is 0.286. The van der Waals surface area contributed by atoms with Crippen molar-refractivity contribution in [2.45, 2.75) is 37.8 Å². The van der Waals surface area contributed by atoms with E-state index in [-0.39, 0.29) is 62.0 Å². The minimum atomic E-state index is -0.511. The molecule has 1 heterocycles. The number of anilines is 1. The molecule has 4 N–H and O–H groups in total. The molecular formula is C28H32Cl2N4O4. The van der Waals surface area contributed by atoms with Crippen LogP contribution in [0.25, 0.3) is 10.8 Å². The third-order valence-corrected chi connectivity index (χ3v) is 6.29. The zero-order valence-electron chi connectivity index (χ0n) is 20.8. The summed E-state index contributed by atoms with van der Waals surface area (Å²) in [5.41, 5.74) is 7.19. The average Bonchev–Trinajstić information content (AvgIpc) is 3.31. The summed E-state index contributed by atoms with van der Waals surface area (Å²) in [6.07, 6.45) is 2.22. The number of carbonyl (C=O) groups excluding carboxylic acids is 2. The summed E-state index contributed by atoms with van der Waals surface area (Å²) in [6.45, 7) is 0.774. The van der Waals surface area contributed by atoms with Crippen molar-refractivity contribution in [2.24, 2.45) is 5.73 Å². The Hall–Kier alpha value is -3.46. The number of benzene rings is 3. The van der Waals surface area contributed by atoms with E-state index in [1.807, 2.05) is 47.4 Å². The number of rotatable bonds is 11. The van der Waals surface area contributed by atoms with Crippen molar-refractivity contribution in [2.75, 3.05) is 18.1 Å². The van der Waals surface area contributed by atoms with Crippen molar-refractivity contribution in [1.29, 1.82) is 10.8 Å². The van der Waals surface area contributed by atoms with E-state index in [0.29, 0.717) is 30.7 Å². The van der Waals surface area contributed by atoms with E-state index in [0.717, 1.165) is 16.5 Å². The van der Waals surface area contributed by atoms with Crippen LogP contribution in [-0.4, -0.2) is 49.1 Å². The van der Waals surface area contributed by atoms with Gasteiger partial charge in [-0.25, -0.2) is 0 Å². The first-order valence-corrected chi connectivity index (χ1v) is 12.0. The second kappa shape index (κ2) is 14.5. The zero-order valence-corrected chi connectivity index (χ0v) is 22.4. The largest absolute Gasteiger partial charge is 0.426 e. The molecule has 1 saturated heterocycles. The van der Waals surface area contributed by atoms with Crippen LogP contribution in [0.3, 0.4) is 0 Å². The molecule has 1 aliphatic heterocycles. The number of esters is 1. The number of Topliss-reactive ketones (excluding diaryl/α,β-unsaturated/α-hetero) is 1. The highest BCUT2D eigenvalue weighted by molar-refractivity contribution is 6.00. The van der Waals surface area contributed by atoms with Crippen LogP contribution < -0.4 is 15.4 Å². The summed E-state index contributed by atoms with van der Waals surface area (Å²) in [6, 6.07) is 19.9. The Labute approximate surface area is 234 Å². The van der Waals surface area contributed by atoms with Gasteiger partial charge in [0.25, 0.3) is 0 Å². The lowest BCUT2D eigenvalue weighted by atomic mass is 10.0. The molecule has 202 valence electrons. The van der Waals surface area contributed by atoms with Crippen molar-refractivity contribution < 1.29 is 19.1 Å². The number of fused-ring (bicyclic) bond motifs is 1. The monoisotopic (exact) mass is 558 g/mol. The zero-order chi connectivity index (χ0) is 25.5. The van der Waals surface area contributed by atoms with Crippen molar-refractivity contribution in [1.82, 2.24) is 0 Å². The lowest BCUT2D eigenvalue weighted by molar-refractivity contribution is -0.136. The first kappa shape index (κ1) is 30.8. The molecule has 0 radical (unpaired) electrons. The maximum absolute atomic E-state index is 13.2. The number of nitrogens with two attached hydrogens (primary N) is 1. The van der Waals surface area contributed by atoms with Crippen LogP contribution in [0.2, 0.25) is 0 Å². The van der Waals surface area contributed by atoms with Gasteiger partial charge in [-0.15, -0.1) is 24.8 Å². The molecule has 0 aromatic heterocycles. The molecule has 0 spiro atoms. The third kappa shape index (κ3) is 7.54. The maximum atomic E-state index is 13.2. The number of ketones is 1. The predicted octanol–water partition coefficient (Wildman–Crippen LogP) is 4.93. The van der Waals surface area contributed by atoms with E-state index in [2.05, 4.69) is 0 Å². The quantitative estimate of drug-likeness (QED) is 0.132. The van der Waals surface area contributed by atoms with Crippen LogP contribution >= 0.6 is 24.8 Å². The highest BCUT2D eigenvalue weighted by atomic mass is 35.5. The second-order valence-corrected chi connectivity index (χ2v) is 8.74. The van der Waals surface area contributed by atoms with Crippen molar-refractivity contribution >= 4 is 65.1 Å². The van der Waals surface area contributed by atoms with Crippen molar-refractivity contribution in [3.05, 3.63) is 72.3 Å². The van der Waals surface area contributed by atoms with E-state index in [9.17, 15) is 9.59 Å². The molecule has 10 heteroatoms. The average molecular weight is 559 g/mol. The van der Waals surface area contributed by atoms with E-state index >= 15 is 0 Å². The number of nitrogens with one attached hydrogen (secondary N) is 2. The summed E-state index contributed by atoms with van der Waals surface area (Å²) in [4.78, 5) is 27.4. The Kier molecular flexibility index (Phi) is 11.7. The van der Waals surface area contributed by atoms with Gasteiger partial charge in [0.1, 0.15) is 17.6 Å². The molecule has 3 aromatic carbocycles. The minimum absolute atomic E-state index is 0. The molecule has 3 aromatic rings. The van der Waals surface area contributed by atoms with Gasteiger partial charge in [0.15, 0.2) is 5.78 Å². The van der Waals surface area contributed by atoms with Crippen LogP contribution in [0.15, 0.2) is 66.7 Å². The molecule has 2 atom stereocenters. The molecule has 38 heavy (non-hydrogen) atoms. The lowest BCUT2D eigenvalue weighted by Crippen LogP contribution is -2.43. The van der Waals surface area contributed by atoms with Crippen LogP contribution in [0.1, 0.15) is 31.2 Å². The smallest absolute Gasteiger partial charge is 0.313 e. The summed E-state index contributed by atoms with van der Waals surface area (Å²) >= 11 is 0. The normalized spacial score (nSPS) is 16.3. The van der Waals surface area contributed by atoms with E-state index in [4.69, 9.17) is 26.0 Å². The van der Waals surface area contributed by atoms with Gasteiger partial charge < -0.3 is 25.5 Å². The Morgan fingerprint density at radius 3 is 2.45 bits per heavy atom. The minimum Gasteiger partial charge on any atom is -0.426 e. The van der Waals surface area contributed by atoms with E-state index in [1.165, 1.54) is 6.21 Å². The SMILES string of the molecule is Cl.Cl.N=CCCC(=O)C1C(OCCC(=O)Oc2ccccc2)CCN1c1ccc2ccc(C(=N)N)cc2c1. The molecule has 1 fully saturated rings. The summed E-state index contributed by atoms with van der Waals surface area (Å²) in [5.74, 6) is 0.102. The molecule has 0 bridgehead atoms. The molecule has 1 aliphatic rings. The molecule has 0 aliphatic carbocycles. The number of ether oxygens (including phenoxy) is 2. The first-order chi connectivity index (χ1) is 17.5. The van der Waals surface area contributed by atoms with Gasteiger partial charge in [-0.2, -0.15) is 0 Å². The van der Waals surface area contributed by atoms with E-state index in [1.54, 1.807) is 24.3 Å². The maximum Gasteiger partial charge on any atom is 0.313 e. The topological polar surface area (TPSA) is 130 Å². The Morgan fingerprint density at radius 2 is 1.74 bits per heavy atom. The Bertz CT molecular complexity index is 1270. The molecule has 0 amide bonds. The number of hydrogen-bond donors (Lipinski definition) is 3. The molecule has 4 rings (SSSR count). The van der Waals surface area contributed by atoms with Crippen LogP contribution in [-0.2, 0) is 14.3 Å². The Morgan fingerprint density at radius 1 is 1.00 bits per heavy atom. The fourth-order valence-electron chi connectivity index (χ4n) is 4.52. The van der Waals surface area contributed by atoms with Gasteiger partial charge in [0.05, 0.1) is 19.1 Å². The van der Waals surface area contributed by atoms with Crippen molar-refractivity contribution in [3.8, 4) is 5.75 Å². The second-order valence-electron chi connectivity index (χ2n) is 8.74. The highest BCUT2D eigenvalue weighted by Gasteiger charge is 2.39. The van der Waals surface area contributed by atoms with Gasteiger partial charge in [-0.05, 0) is 60.2 Å². The third-order valence-electron chi connectivity index (χ3n) is 6.29. The number of amidine groups is 1. The molecule has 2 unspecified atom stereocenters. The fourth-order valence-corrected chi connectivity index (χ4v) is 4.52. The summed E-state index contributed by atoms with van der Waals surface area (Å²) in [5, 5.41) is 17.0. The number of nitrogens with zero attached hydrogens (tertiary/aromatic N) is 1. The van der Waals surface area contributed by atoms with Crippen LogP contribution in [0, 0.1) is 10.8 Å². The first-order valence-electron chi connectivity index (χ1n) is 12.0. The number of nitrogen functional groups attached to an aromatic ring is 1. The van der Waals surface area contributed by atoms with Gasteiger partial charge in [-0.3, -0.25) is 15.0 Å². The van der Waals surface area contributed by atoms with Gasteiger partial charge in [-0.1, -0.05) is 36.4 Å². The van der Waals surface area contributed by atoms with E-state index < -0.39 is 12.0 Å². The summed E-state index contributed by atoms with van der Waals surface area (Å²) < 4.78 is 11.4. The molecule has 0 saturated carbocycles. The number of hydrogen-bond acceptors (Lipinski definition) is 7. The van der Waals surface area contributed by atoms with Crippen LogP contribution in [0.5, 0.6) is 5.75 Å². The molecular weight excluding hydrogens is 527 g/mol. The standard InChI is InChI=1S/C28H30N4O4.2ClH/c29-14-4-7-24(33)27-25(35-16-13-26(34)36-23-5-2-1-3-6-23)12-15-32(27)22-11-10-19-8-9-20(28(30)31)17-21(19)18-22;;/h1-3,5-6,8-11,14,17-18,25,27,29H,4,7,12-13,15-16H2,(H3,30,31);2*1H. The van der Waals surface area contributed by atoms with Crippen LogP contribution in [0.4, 0.5) is 5.69 Å². The highest BCUT2D eigenvalue weighted by Crippen LogP contribution is 2.32. The summed E-state index contributed by atoms with van der Waals surface area (Å²) in [7, 11) is 0. The molecule has 8 nitrogen and oxygen atoms in total. The number of halogens is 2. The Balaban J connectivity index is 0.00000253. The van der Waals surface area contributed by atoms with Crippen molar-refractivity contribution in [3.63, 3.8) is 0 Å². The lowest BCUT2D eigenvalue weighted by Gasteiger charge is -2.29. The van der Waals surface area contributed by atoms with Gasteiger partial charge >= 0.3 is 5.97 Å².